The molecule has 1 N–H and O–H groups in total. The molecule has 180 valence electrons. The van der Waals surface area contributed by atoms with Crippen LogP contribution in [0.15, 0.2) is 53.6 Å². The third kappa shape index (κ3) is 5.63. The maximum atomic E-state index is 11.9. The molecule has 5 rings (SSSR count). The lowest BCUT2D eigenvalue weighted by atomic mass is 9.84. The van der Waals surface area contributed by atoms with Crippen molar-refractivity contribution >= 4 is 39.5 Å². The van der Waals surface area contributed by atoms with Gasteiger partial charge in [-0.25, -0.2) is 9.97 Å². The molecule has 1 aromatic heterocycles. The normalized spacial score (nSPS) is 21.7. The van der Waals surface area contributed by atoms with E-state index in [4.69, 9.17) is 4.74 Å². The van der Waals surface area contributed by atoms with E-state index in [1.165, 1.54) is 16.3 Å². The van der Waals surface area contributed by atoms with E-state index >= 15 is 0 Å². The van der Waals surface area contributed by atoms with E-state index in [1.807, 2.05) is 0 Å². The maximum absolute atomic E-state index is 11.9. The third-order valence-corrected chi connectivity index (χ3v) is 7.85. The number of ketones is 1. The Morgan fingerprint density at radius 2 is 1.91 bits per heavy atom. The molecule has 0 spiro atoms. The fraction of sp³-hybridized carbons (Fsp3) is 0.357. The highest BCUT2D eigenvalue weighted by Crippen LogP contribution is 2.32. The van der Waals surface area contributed by atoms with Crippen molar-refractivity contribution in [1.29, 1.82) is 0 Å². The fourth-order valence-corrected chi connectivity index (χ4v) is 5.85. The molecule has 1 aliphatic carbocycles. The minimum atomic E-state index is -0.118. The summed E-state index contributed by atoms with van der Waals surface area (Å²) >= 11 is 1.01. The van der Waals surface area contributed by atoms with Crippen LogP contribution in [0, 0.1) is 5.92 Å². The van der Waals surface area contributed by atoms with Gasteiger partial charge in [0.1, 0.15) is 11.6 Å². The zero-order valence-corrected chi connectivity index (χ0v) is 20.6. The van der Waals surface area contributed by atoms with Gasteiger partial charge in [-0.05, 0) is 72.3 Å². The predicted octanol–water partition coefficient (Wildman–Crippen LogP) is 5.10. The second kappa shape index (κ2) is 10.7. The average Bonchev–Trinajstić information content (AvgIpc) is 3.19. The first kappa shape index (κ1) is 23.7. The summed E-state index contributed by atoms with van der Waals surface area (Å²) in [5.74, 6) is 2.16. The van der Waals surface area contributed by atoms with Crippen LogP contribution in [0.1, 0.15) is 49.2 Å². The van der Waals surface area contributed by atoms with E-state index in [-0.39, 0.29) is 17.3 Å². The molecule has 2 aliphatic rings. The van der Waals surface area contributed by atoms with E-state index in [0.29, 0.717) is 22.6 Å². The molecule has 1 aliphatic heterocycles. The summed E-state index contributed by atoms with van der Waals surface area (Å²) in [6, 6.07) is 14.9. The first-order valence-electron chi connectivity index (χ1n) is 12.1. The predicted molar refractivity (Wildman–Crippen MR) is 139 cm³/mol. The zero-order chi connectivity index (χ0) is 24.2. The lowest BCUT2D eigenvalue weighted by molar-refractivity contribution is -0.119. The van der Waals surface area contributed by atoms with Crippen LogP contribution in [0.5, 0.6) is 5.75 Å². The smallest absolute Gasteiger partial charge is 0.201 e. The molecule has 0 atom stereocenters. The van der Waals surface area contributed by atoms with Crippen LogP contribution < -0.4 is 10.1 Å². The fourth-order valence-electron chi connectivity index (χ4n) is 5.04. The Labute approximate surface area is 209 Å². The zero-order valence-electron chi connectivity index (χ0n) is 19.8. The Morgan fingerprint density at radius 1 is 1.09 bits per heavy atom. The molecule has 2 heterocycles. The van der Waals surface area contributed by atoms with E-state index in [9.17, 15) is 9.59 Å². The van der Waals surface area contributed by atoms with Gasteiger partial charge >= 0.3 is 0 Å². The number of rotatable bonds is 7. The van der Waals surface area contributed by atoms with Gasteiger partial charge in [0, 0.05) is 30.8 Å². The topological polar surface area (TPSA) is 81.2 Å². The number of carbonyl (C=O) groups is 2. The van der Waals surface area contributed by atoms with Crippen LogP contribution in [0.3, 0.4) is 0 Å². The van der Waals surface area contributed by atoms with Crippen molar-refractivity contribution < 1.29 is 14.3 Å². The molecular weight excluding hydrogens is 458 g/mol. The van der Waals surface area contributed by atoms with Crippen LogP contribution in [-0.4, -0.2) is 34.0 Å². The number of fused-ring (bicyclic) bond motifs is 1. The number of aromatic nitrogens is 2. The minimum absolute atomic E-state index is 0.0149. The number of hydrogen-bond acceptors (Lipinski definition) is 7. The standard InChI is InChI=1S/C28H29N3O3S/c1-34-25-11-8-19-4-2-3-5-22(19)23(25)17-30-20-9-6-18(7-10-20)14-27-29-13-12-21(31-27)15-26-24(32)16-28(33)35-26/h2-5,8,11-13,15,18,20,30H,6-7,9-10,14,16-17H2,1H3/b26-15-. The summed E-state index contributed by atoms with van der Waals surface area (Å²) in [4.78, 5) is 33.0. The second-order valence-electron chi connectivity index (χ2n) is 9.25. The summed E-state index contributed by atoms with van der Waals surface area (Å²) < 4.78 is 5.64. The number of benzene rings is 2. The van der Waals surface area contributed by atoms with Gasteiger partial charge in [0.2, 0.25) is 5.12 Å². The van der Waals surface area contributed by atoms with Crippen LogP contribution >= 0.6 is 11.8 Å². The first-order valence-corrected chi connectivity index (χ1v) is 13.0. The van der Waals surface area contributed by atoms with Crippen LogP contribution in [0.4, 0.5) is 0 Å². The second-order valence-corrected chi connectivity index (χ2v) is 10.3. The summed E-state index contributed by atoms with van der Waals surface area (Å²) in [7, 11) is 1.73. The number of methoxy groups -OCH3 is 1. The van der Waals surface area contributed by atoms with Crippen LogP contribution in [-0.2, 0) is 22.6 Å². The number of ether oxygens (including phenoxy) is 1. The van der Waals surface area contributed by atoms with Crippen molar-refractivity contribution in [3.8, 4) is 5.75 Å². The Kier molecular flexibility index (Phi) is 7.25. The Hall–Kier alpha value is -3.03. The summed E-state index contributed by atoms with van der Waals surface area (Å²) in [5, 5.41) is 6.14. The SMILES string of the molecule is COc1ccc2ccccc2c1CNC1CCC(Cc2nccc(/C=C3\SC(=O)CC3=O)n2)CC1. The van der Waals surface area contributed by atoms with Crippen LogP contribution in [0.25, 0.3) is 16.8 Å². The molecule has 6 nitrogen and oxygen atoms in total. The van der Waals surface area contributed by atoms with Gasteiger partial charge in [0.05, 0.1) is 24.1 Å². The molecule has 3 aromatic rings. The van der Waals surface area contributed by atoms with Crippen molar-refractivity contribution in [2.75, 3.05) is 7.11 Å². The highest BCUT2D eigenvalue weighted by atomic mass is 32.2. The maximum Gasteiger partial charge on any atom is 0.201 e. The molecule has 0 amide bonds. The molecular formula is C28H29N3O3S. The van der Waals surface area contributed by atoms with E-state index in [0.717, 1.165) is 62.0 Å². The van der Waals surface area contributed by atoms with Gasteiger partial charge in [-0.3, -0.25) is 9.59 Å². The molecule has 1 saturated carbocycles. The van der Waals surface area contributed by atoms with Gasteiger partial charge in [0.25, 0.3) is 0 Å². The van der Waals surface area contributed by atoms with Crippen molar-refractivity contribution in [3.05, 3.63) is 70.6 Å². The summed E-state index contributed by atoms with van der Waals surface area (Å²) in [6.45, 7) is 0.791. The Balaban J connectivity index is 1.16. The van der Waals surface area contributed by atoms with Gasteiger partial charge in [-0.15, -0.1) is 0 Å². The van der Waals surface area contributed by atoms with Gasteiger partial charge in [-0.2, -0.15) is 0 Å². The van der Waals surface area contributed by atoms with Gasteiger partial charge in [0.15, 0.2) is 5.78 Å². The van der Waals surface area contributed by atoms with Crippen molar-refractivity contribution in [3.63, 3.8) is 0 Å². The molecule has 0 radical (unpaired) electrons. The van der Waals surface area contributed by atoms with E-state index in [1.54, 1.807) is 25.4 Å². The van der Waals surface area contributed by atoms with Gasteiger partial charge in [-0.1, -0.05) is 30.3 Å². The largest absolute Gasteiger partial charge is 0.496 e. The highest BCUT2D eigenvalue weighted by molar-refractivity contribution is 8.18. The van der Waals surface area contributed by atoms with Gasteiger partial charge < -0.3 is 10.1 Å². The lowest BCUT2D eigenvalue weighted by Gasteiger charge is -2.29. The molecule has 7 heteroatoms. The molecule has 35 heavy (non-hydrogen) atoms. The monoisotopic (exact) mass is 487 g/mol. The number of nitrogens with one attached hydrogen (secondary N) is 1. The minimum Gasteiger partial charge on any atom is -0.496 e. The molecule has 0 bridgehead atoms. The average molecular weight is 488 g/mol. The summed E-state index contributed by atoms with van der Waals surface area (Å²) in [5.41, 5.74) is 1.91. The Morgan fingerprint density at radius 3 is 2.69 bits per heavy atom. The lowest BCUT2D eigenvalue weighted by Crippen LogP contribution is -2.33. The van der Waals surface area contributed by atoms with E-state index in [2.05, 4.69) is 51.7 Å². The van der Waals surface area contributed by atoms with Crippen molar-refractivity contribution in [2.45, 2.75) is 51.1 Å². The number of thioether (sulfide) groups is 1. The number of nitrogens with zero attached hydrogens (tertiary/aromatic N) is 2. The Bertz CT molecular complexity index is 1280. The van der Waals surface area contributed by atoms with E-state index < -0.39 is 0 Å². The van der Waals surface area contributed by atoms with Crippen molar-refractivity contribution in [1.82, 2.24) is 15.3 Å². The third-order valence-electron chi connectivity index (χ3n) is 6.91. The molecule has 1 saturated heterocycles. The summed E-state index contributed by atoms with van der Waals surface area (Å²) in [6.07, 6.45) is 8.77. The highest BCUT2D eigenvalue weighted by Gasteiger charge is 2.26. The molecule has 0 unspecified atom stereocenters. The number of hydrogen-bond donors (Lipinski definition) is 1. The quantitative estimate of drug-likeness (QED) is 0.367. The van der Waals surface area contributed by atoms with Crippen LogP contribution in [0.2, 0.25) is 0 Å². The first-order chi connectivity index (χ1) is 17.1. The van der Waals surface area contributed by atoms with Crippen molar-refractivity contribution in [2.24, 2.45) is 5.92 Å². The molecule has 2 aromatic carbocycles. The number of carbonyl (C=O) groups excluding carboxylic acids is 2. The number of allylic oxidation sites excluding steroid dienone is 1. The number of Topliss-reactive ketones (excluding diaryl/α,β-unsaturated/α-hetero) is 1. The molecule has 2 fully saturated rings.